The number of benzene rings is 2. The Hall–Kier alpha value is -2.04. The second kappa shape index (κ2) is 9.44. The van der Waals surface area contributed by atoms with Gasteiger partial charge in [0.1, 0.15) is 7.11 Å². The number of oxime groups is 1. The van der Waals surface area contributed by atoms with Gasteiger partial charge in [-0.3, -0.25) is 4.79 Å². The predicted molar refractivity (Wildman–Crippen MR) is 103 cm³/mol. The van der Waals surface area contributed by atoms with Crippen LogP contribution in [0.3, 0.4) is 0 Å². The molecule has 0 saturated heterocycles. The molecule has 0 radical (unpaired) electrons. The van der Waals surface area contributed by atoms with Crippen molar-refractivity contribution in [3.63, 3.8) is 0 Å². The second-order valence-corrected chi connectivity index (χ2v) is 6.33. The maximum atomic E-state index is 12.6. The first-order chi connectivity index (χ1) is 12.0. The minimum atomic E-state index is -0.247. The van der Waals surface area contributed by atoms with Crippen molar-refractivity contribution in [1.29, 1.82) is 0 Å². The Morgan fingerprint density at radius 1 is 1.16 bits per heavy atom. The van der Waals surface area contributed by atoms with Crippen molar-refractivity contribution in [3.05, 3.63) is 64.1 Å². The Kier molecular flexibility index (Phi) is 7.29. The van der Waals surface area contributed by atoms with E-state index in [-0.39, 0.29) is 11.8 Å². The Bertz CT molecular complexity index is 748. The topological polar surface area (TPSA) is 50.7 Å². The number of hydrogen-bond donors (Lipinski definition) is 1. The molecule has 4 nitrogen and oxygen atoms in total. The lowest BCUT2D eigenvalue weighted by atomic mass is 9.94. The molecule has 0 aromatic heterocycles. The minimum absolute atomic E-state index is 0.0578. The van der Waals surface area contributed by atoms with Crippen LogP contribution in [-0.2, 0) is 9.63 Å². The van der Waals surface area contributed by atoms with Gasteiger partial charge in [-0.25, -0.2) is 0 Å². The van der Waals surface area contributed by atoms with Crippen molar-refractivity contribution < 1.29 is 9.63 Å². The van der Waals surface area contributed by atoms with Crippen LogP contribution in [0, 0.1) is 5.92 Å². The van der Waals surface area contributed by atoms with E-state index in [2.05, 4.69) is 10.5 Å². The molecule has 0 aliphatic carbocycles. The summed E-state index contributed by atoms with van der Waals surface area (Å²) in [6, 6.07) is 14.6. The number of hydrogen-bond acceptors (Lipinski definition) is 3. The normalized spacial score (nSPS) is 12.6. The van der Waals surface area contributed by atoms with E-state index in [0.29, 0.717) is 28.6 Å². The van der Waals surface area contributed by atoms with E-state index >= 15 is 0 Å². The summed E-state index contributed by atoms with van der Waals surface area (Å²) in [7, 11) is 1.47. The van der Waals surface area contributed by atoms with Gasteiger partial charge in [-0.05, 0) is 30.7 Å². The maximum absolute atomic E-state index is 12.6. The van der Waals surface area contributed by atoms with Gasteiger partial charge in [0.25, 0.3) is 0 Å². The third kappa shape index (κ3) is 5.48. The van der Waals surface area contributed by atoms with Crippen LogP contribution in [0.2, 0.25) is 10.0 Å². The summed E-state index contributed by atoms with van der Waals surface area (Å²) in [5, 5.41) is 7.91. The number of para-hydroxylation sites is 1. The van der Waals surface area contributed by atoms with Gasteiger partial charge in [-0.15, -0.1) is 0 Å². The van der Waals surface area contributed by atoms with Crippen LogP contribution in [0.5, 0.6) is 0 Å². The highest BCUT2D eigenvalue weighted by Crippen LogP contribution is 2.25. The van der Waals surface area contributed by atoms with E-state index in [1.807, 2.05) is 43.3 Å². The second-order valence-electron chi connectivity index (χ2n) is 5.51. The van der Waals surface area contributed by atoms with E-state index in [4.69, 9.17) is 28.0 Å². The summed E-state index contributed by atoms with van der Waals surface area (Å²) >= 11 is 12.1. The molecule has 1 atom stereocenters. The predicted octanol–water partition coefficient (Wildman–Crippen LogP) is 5.40. The van der Waals surface area contributed by atoms with Crippen LogP contribution in [0.25, 0.3) is 0 Å². The van der Waals surface area contributed by atoms with Crippen molar-refractivity contribution in [3.8, 4) is 0 Å². The molecule has 2 aromatic rings. The Balaban J connectivity index is 2.16. The van der Waals surface area contributed by atoms with E-state index in [1.165, 1.54) is 7.11 Å². The molecule has 0 aliphatic rings. The zero-order valence-corrected chi connectivity index (χ0v) is 15.6. The number of halogens is 2. The van der Waals surface area contributed by atoms with E-state index < -0.39 is 0 Å². The molecule has 0 heterocycles. The Labute approximate surface area is 157 Å². The fraction of sp³-hybridized carbons (Fsp3) is 0.263. The lowest BCUT2D eigenvalue weighted by Crippen LogP contribution is -2.25. The molecule has 0 aliphatic heterocycles. The van der Waals surface area contributed by atoms with Crippen molar-refractivity contribution in [2.45, 2.75) is 19.8 Å². The fourth-order valence-electron chi connectivity index (χ4n) is 2.42. The van der Waals surface area contributed by atoms with Gasteiger partial charge in [0.2, 0.25) is 5.91 Å². The third-order valence-corrected chi connectivity index (χ3v) is 4.54. The number of carbonyl (C=O) groups is 1. The highest BCUT2D eigenvalue weighted by atomic mass is 35.5. The fourth-order valence-corrected chi connectivity index (χ4v) is 2.71. The van der Waals surface area contributed by atoms with Gasteiger partial charge < -0.3 is 10.2 Å². The maximum Gasteiger partial charge on any atom is 0.227 e. The van der Waals surface area contributed by atoms with E-state index in [1.54, 1.807) is 12.1 Å². The average Bonchev–Trinajstić information content (AvgIpc) is 2.61. The molecule has 0 saturated carbocycles. The zero-order chi connectivity index (χ0) is 18.2. The van der Waals surface area contributed by atoms with Crippen LogP contribution in [-0.4, -0.2) is 18.7 Å². The van der Waals surface area contributed by atoms with Gasteiger partial charge in [-0.2, -0.15) is 0 Å². The number of carbonyl (C=O) groups excluding carboxylic acids is 1. The molecule has 2 aromatic carbocycles. The van der Waals surface area contributed by atoms with Gasteiger partial charge in [0, 0.05) is 23.6 Å². The zero-order valence-electron chi connectivity index (χ0n) is 14.1. The van der Waals surface area contributed by atoms with E-state index in [9.17, 15) is 4.79 Å². The standard InChI is InChI=1S/C19H20Cl2N2O2/c1-3-13(19(24)22-15-7-5-4-6-8-15)12-18(23-25-2)14-9-10-16(20)17(21)11-14/h4-11,13H,3,12H2,1-2H3,(H,22,24). The van der Waals surface area contributed by atoms with Crippen molar-refractivity contribution in [2.75, 3.05) is 12.4 Å². The number of anilines is 1. The molecule has 132 valence electrons. The first-order valence-corrected chi connectivity index (χ1v) is 8.72. The smallest absolute Gasteiger partial charge is 0.227 e. The van der Waals surface area contributed by atoms with Crippen LogP contribution >= 0.6 is 23.2 Å². The van der Waals surface area contributed by atoms with Gasteiger partial charge in [0.15, 0.2) is 0 Å². The van der Waals surface area contributed by atoms with Crippen molar-refractivity contribution in [2.24, 2.45) is 11.1 Å². The van der Waals surface area contributed by atoms with Crippen molar-refractivity contribution in [1.82, 2.24) is 0 Å². The highest BCUT2D eigenvalue weighted by Gasteiger charge is 2.21. The van der Waals surface area contributed by atoms with Crippen LogP contribution < -0.4 is 5.32 Å². The molecule has 1 unspecified atom stereocenters. The number of rotatable bonds is 7. The van der Waals surface area contributed by atoms with Gasteiger partial charge >= 0.3 is 0 Å². The molecule has 1 N–H and O–H groups in total. The first-order valence-electron chi connectivity index (χ1n) is 7.96. The SMILES string of the molecule is CCC(CC(=NOC)c1ccc(Cl)c(Cl)c1)C(=O)Nc1ccccc1. The summed E-state index contributed by atoms with van der Waals surface area (Å²) in [6.07, 6.45) is 1.10. The summed E-state index contributed by atoms with van der Waals surface area (Å²) in [4.78, 5) is 17.5. The summed E-state index contributed by atoms with van der Waals surface area (Å²) < 4.78 is 0. The molecule has 25 heavy (non-hydrogen) atoms. The molecule has 0 fully saturated rings. The minimum Gasteiger partial charge on any atom is -0.399 e. The Morgan fingerprint density at radius 2 is 1.88 bits per heavy atom. The largest absolute Gasteiger partial charge is 0.399 e. The summed E-state index contributed by atoms with van der Waals surface area (Å²) in [5.41, 5.74) is 2.20. The molecule has 6 heteroatoms. The molecule has 1 amide bonds. The average molecular weight is 379 g/mol. The van der Waals surface area contributed by atoms with Crippen LogP contribution in [0.4, 0.5) is 5.69 Å². The summed E-state index contributed by atoms with van der Waals surface area (Å²) in [6.45, 7) is 1.97. The molecular formula is C19H20Cl2N2O2. The monoisotopic (exact) mass is 378 g/mol. The van der Waals surface area contributed by atoms with Gasteiger partial charge in [0.05, 0.1) is 15.8 Å². The van der Waals surface area contributed by atoms with Gasteiger partial charge in [-0.1, -0.05) is 59.5 Å². The quantitative estimate of drug-likeness (QED) is 0.517. The lowest BCUT2D eigenvalue weighted by molar-refractivity contribution is -0.119. The first kappa shape index (κ1) is 19.3. The van der Waals surface area contributed by atoms with E-state index in [0.717, 1.165) is 11.3 Å². The highest BCUT2D eigenvalue weighted by molar-refractivity contribution is 6.42. The number of nitrogens with one attached hydrogen (secondary N) is 1. The molecule has 0 bridgehead atoms. The number of nitrogens with zero attached hydrogens (tertiary/aromatic N) is 1. The lowest BCUT2D eigenvalue weighted by Gasteiger charge is -2.16. The Morgan fingerprint density at radius 3 is 2.48 bits per heavy atom. The van der Waals surface area contributed by atoms with Crippen molar-refractivity contribution >= 4 is 40.5 Å². The van der Waals surface area contributed by atoms with Crippen LogP contribution in [0.1, 0.15) is 25.3 Å². The third-order valence-electron chi connectivity index (χ3n) is 3.80. The molecule has 2 rings (SSSR count). The molecule has 0 spiro atoms. The summed E-state index contributed by atoms with van der Waals surface area (Å²) in [5.74, 6) is -0.305. The number of amides is 1. The van der Waals surface area contributed by atoms with Crippen LogP contribution in [0.15, 0.2) is 53.7 Å². The molecular weight excluding hydrogens is 359 g/mol.